The first-order chi connectivity index (χ1) is 13.2. The molecule has 2 fully saturated rings. The molecule has 0 radical (unpaired) electrons. The number of carbonyl (C=O) groups is 4. The smallest absolute Gasteiger partial charge is 0.274 e. The SMILES string of the molecule is CCC[N+]1(C[N+]2(CCC)CC(C)(C)C(=O)N(O)C2=O)CC(C)(C)C(=O)N(O)C1=O. The highest BCUT2D eigenvalue weighted by atomic mass is 16.5. The minimum absolute atomic E-state index is 0.0547. The van der Waals surface area contributed by atoms with Gasteiger partial charge in [-0.2, -0.15) is 8.97 Å². The molecule has 164 valence electrons. The molecule has 2 saturated heterocycles. The summed E-state index contributed by atoms with van der Waals surface area (Å²) in [5.41, 5.74) is -2.03. The van der Waals surface area contributed by atoms with Crippen LogP contribution in [0, 0.1) is 10.8 Å². The minimum Gasteiger partial charge on any atom is -0.274 e. The summed E-state index contributed by atoms with van der Waals surface area (Å²) >= 11 is 0. The second-order valence-corrected chi connectivity index (χ2v) is 9.76. The van der Waals surface area contributed by atoms with E-state index >= 15 is 0 Å². The molecule has 0 aromatic heterocycles. The summed E-state index contributed by atoms with van der Waals surface area (Å²) in [6, 6.07) is -1.56. The van der Waals surface area contributed by atoms with E-state index in [9.17, 15) is 29.6 Å². The molecular formula is C19H34N4O6+2. The molecule has 2 rings (SSSR count). The molecule has 0 saturated carbocycles. The molecular weight excluding hydrogens is 380 g/mol. The van der Waals surface area contributed by atoms with Crippen LogP contribution in [0.2, 0.25) is 0 Å². The molecule has 29 heavy (non-hydrogen) atoms. The zero-order chi connectivity index (χ0) is 22.4. The predicted molar refractivity (Wildman–Crippen MR) is 101 cm³/mol. The third kappa shape index (κ3) is 3.70. The van der Waals surface area contributed by atoms with Crippen LogP contribution in [0.5, 0.6) is 0 Å². The van der Waals surface area contributed by atoms with Crippen molar-refractivity contribution >= 4 is 23.9 Å². The Morgan fingerprint density at radius 2 is 1.07 bits per heavy atom. The first-order valence-corrected chi connectivity index (χ1v) is 10.1. The van der Waals surface area contributed by atoms with Crippen molar-refractivity contribution in [3.8, 4) is 0 Å². The molecule has 2 N–H and O–H groups in total. The van der Waals surface area contributed by atoms with Gasteiger partial charge in [-0.1, -0.05) is 13.8 Å². The molecule has 10 nitrogen and oxygen atoms in total. The van der Waals surface area contributed by atoms with Crippen LogP contribution in [0.1, 0.15) is 54.4 Å². The lowest BCUT2D eigenvalue weighted by Gasteiger charge is -2.51. The number of quaternary nitrogens is 2. The Morgan fingerprint density at radius 3 is 1.34 bits per heavy atom. The van der Waals surface area contributed by atoms with Gasteiger partial charge in [-0.15, -0.1) is 10.1 Å². The van der Waals surface area contributed by atoms with Crippen molar-refractivity contribution in [2.75, 3.05) is 32.8 Å². The lowest BCUT2D eigenvalue weighted by Crippen LogP contribution is -2.78. The lowest BCUT2D eigenvalue weighted by atomic mass is 9.86. The molecule has 6 amide bonds. The number of hydroxylamine groups is 4. The van der Waals surface area contributed by atoms with Gasteiger partial charge in [0.2, 0.25) is 6.67 Å². The predicted octanol–water partition coefficient (Wildman–Crippen LogP) is 2.15. The Kier molecular flexibility index (Phi) is 5.99. The number of nitrogens with zero attached hydrogens (tertiary/aromatic N) is 4. The number of amides is 6. The molecule has 0 bridgehead atoms. The van der Waals surface area contributed by atoms with Crippen molar-refractivity contribution in [3.05, 3.63) is 0 Å². The Morgan fingerprint density at radius 1 is 0.759 bits per heavy atom. The van der Waals surface area contributed by atoms with Gasteiger partial charge < -0.3 is 0 Å². The van der Waals surface area contributed by atoms with Crippen molar-refractivity contribution < 1.29 is 38.6 Å². The maximum absolute atomic E-state index is 13.1. The number of hydrogen-bond donors (Lipinski definition) is 2. The Hall–Kier alpha value is -1.88. The third-order valence-corrected chi connectivity index (χ3v) is 5.96. The van der Waals surface area contributed by atoms with E-state index in [2.05, 4.69) is 0 Å². The topological polar surface area (TPSA) is 115 Å². The van der Waals surface area contributed by atoms with Gasteiger partial charge in [-0.3, -0.25) is 20.0 Å². The molecule has 2 atom stereocenters. The molecule has 0 spiro atoms. The average molecular weight is 415 g/mol. The first kappa shape index (κ1) is 23.4. The number of imide groups is 2. The number of urea groups is 2. The van der Waals surface area contributed by atoms with Crippen LogP contribution in [0.4, 0.5) is 9.59 Å². The van der Waals surface area contributed by atoms with Gasteiger partial charge in [0.25, 0.3) is 11.8 Å². The third-order valence-electron chi connectivity index (χ3n) is 5.96. The highest BCUT2D eigenvalue weighted by Gasteiger charge is 2.64. The lowest BCUT2D eigenvalue weighted by molar-refractivity contribution is -1.04. The summed E-state index contributed by atoms with van der Waals surface area (Å²) in [6.07, 6.45) is 1.16. The molecule has 0 aliphatic carbocycles. The van der Waals surface area contributed by atoms with Crippen molar-refractivity contribution in [2.45, 2.75) is 54.4 Å². The van der Waals surface area contributed by atoms with Crippen LogP contribution in [-0.4, -0.2) is 86.2 Å². The highest BCUT2D eigenvalue weighted by Crippen LogP contribution is 2.38. The van der Waals surface area contributed by atoms with Crippen LogP contribution < -0.4 is 0 Å². The van der Waals surface area contributed by atoms with Gasteiger partial charge in [0, 0.05) is 0 Å². The summed E-state index contributed by atoms with van der Waals surface area (Å²) in [6.45, 7) is 11.2. The monoisotopic (exact) mass is 414 g/mol. The average Bonchev–Trinajstić information content (AvgIpc) is 2.61. The number of hydrogen-bond acceptors (Lipinski definition) is 6. The fraction of sp³-hybridized carbons (Fsp3) is 0.789. The zero-order valence-electron chi connectivity index (χ0n) is 18.3. The summed E-state index contributed by atoms with van der Waals surface area (Å²) in [5.74, 6) is -1.36. The fourth-order valence-electron chi connectivity index (χ4n) is 5.02. The zero-order valence-corrected chi connectivity index (χ0v) is 18.3. The van der Waals surface area contributed by atoms with E-state index in [-0.39, 0.29) is 38.9 Å². The van der Waals surface area contributed by atoms with Gasteiger partial charge in [-0.25, -0.2) is 9.59 Å². The standard InChI is InChI=1S/C19H34N4O6/c1-7-9-22(11-18(3,4)14(24)20(28)16(22)26)13-23(10-8-2)12-19(5,6)15(25)21(29)17(23)27/h28-29H,7-13H2,1-6H3/q+2. The summed E-state index contributed by atoms with van der Waals surface area (Å²) in [5, 5.41) is 20.9. The number of rotatable bonds is 6. The van der Waals surface area contributed by atoms with Crippen LogP contribution in [0.25, 0.3) is 0 Å². The maximum atomic E-state index is 13.1. The quantitative estimate of drug-likeness (QED) is 0.508. The molecule has 0 aromatic carbocycles. The Labute approximate surface area is 171 Å². The Bertz CT molecular complexity index is 676. The molecule has 2 aliphatic heterocycles. The van der Waals surface area contributed by atoms with Gasteiger partial charge >= 0.3 is 12.1 Å². The normalized spacial score (nSPS) is 32.1. The van der Waals surface area contributed by atoms with Gasteiger partial charge in [0.05, 0.1) is 23.9 Å². The Balaban J connectivity index is 2.61. The maximum Gasteiger partial charge on any atom is 0.454 e. The highest BCUT2D eigenvalue weighted by molar-refractivity contribution is 5.96. The van der Waals surface area contributed by atoms with Crippen LogP contribution in [0.3, 0.4) is 0 Å². The van der Waals surface area contributed by atoms with E-state index in [1.165, 1.54) is 0 Å². The van der Waals surface area contributed by atoms with Crippen LogP contribution in [-0.2, 0) is 9.59 Å². The fourth-order valence-corrected chi connectivity index (χ4v) is 5.02. The largest absolute Gasteiger partial charge is 0.454 e. The second-order valence-electron chi connectivity index (χ2n) is 9.76. The van der Waals surface area contributed by atoms with Crippen molar-refractivity contribution in [1.82, 2.24) is 10.1 Å². The molecule has 2 heterocycles. The van der Waals surface area contributed by atoms with E-state index < -0.39 is 34.7 Å². The minimum atomic E-state index is -1.02. The van der Waals surface area contributed by atoms with Crippen molar-refractivity contribution in [3.63, 3.8) is 0 Å². The summed E-state index contributed by atoms with van der Waals surface area (Å²) in [4.78, 5) is 51.0. The number of carbonyl (C=O) groups excluding carboxylic acids is 4. The van der Waals surface area contributed by atoms with Crippen molar-refractivity contribution in [2.24, 2.45) is 10.8 Å². The van der Waals surface area contributed by atoms with E-state index in [0.29, 0.717) is 25.9 Å². The van der Waals surface area contributed by atoms with Crippen molar-refractivity contribution in [1.29, 1.82) is 0 Å². The second kappa shape index (κ2) is 7.42. The molecule has 2 aliphatic rings. The van der Waals surface area contributed by atoms with Gasteiger partial charge in [0.1, 0.15) is 13.1 Å². The van der Waals surface area contributed by atoms with Gasteiger partial charge in [-0.05, 0) is 40.5 Å². The van der Waals surface area contributed by atoms with E-state index in [1.54, 1.807) is 27.7 Å². The molecule has 2 unspecified atom stereocenters. The van der Waals surface area contributed by atoms with Gasteiger partial charge in [0.15, 0.2) is 0 Å². The van der Waals surface area contributed by atoms with E-state index in [0.717, 1.165) is 0 Å². The summed E-state index contributed by atoms with van der Waals surface area (Å²) < 4.78 is -0.620. The van der Waals surface area contributed by atoms with E-state index in [1.807, 2.05) is 13.8 Å². The van der Waals surface area contributed by atoms with Crippen LogP contribution >= 0.6 is 0 Å². The van der Waals surface area contributed by atoms with E-state index in [4.69, 9.17) is 0 Å². The summed E-state index contributed by atoms with van der Waals surface area (Å²) in [7, 11) is 0. The van der Waals surface area contributed by atoms with Crippen LogP contribution in [0.15, 0.2) is 0 Å². The molecule has 10 heteroatoms. The first-order valence-electron chi connectivity index (χ1n) is 10.1. The molecule has 0 aromatic rings.